The van der Waals surface area contributed by atoms with Gasteiger partial charge in [0.2, 0.25) is 0 Å². The first-order valence-electron chi connectivity index (χ1n) is 6.22. The minimum atomic E-state index is -0.482. The number of ether oxygens (including phenoxy) is 1. The first-order chi connectivity index (χ1) is 9.06. The van der Waals surface area contributed by atoms with Crippen molar-refractivity contribution < 1.29 is 14.2 Å². The molecule has 100 valence electrons. The van der Waals surface area contributed by atoms with Crippen LogP contribution in [-0.4, -0.2) is 5.11 Å². The molecule has 0 saturated heterocycles. The molecule has 19 heavy (non-hydrogen) atoms. The van der Waals surface area contributed by atoms with Gasteiger partial charge in [0.05, 0.1) is 6.10 Å². The second-order valence-electron chi connectivity index (χ2n) is 4.62. The lowest BCUT2D eigenvalue weighted by Gasteiger charge is -2.12. The topological polar surface area (TPSA) is 29.5 Å². The van der Waals surface area contributed by atoms with E-state index in [0.29, 0.717) is 6.61 Å². The number of aryl methyl sites for hydroxylation is 1. The fourth-order valence-corrected chi connectivity index (χ4v) is 1.84. The number of aliphatic hydroxyl groups excluding tert-OH is 1. The predicted molar refractivity (Wildman–Crippen MR) is 72.5 cm³/mol. The molecule has 0 heterocycles. The molecule has 0 aliphatic heterocycles. The largest absolute Gasteiger partial charge is 0.489 e. The molecule has 2 aromatic carbocycles. The first-order valence-corrected chi connectivity index (χ1v) is 6.22. The van der Waals surface area contributed by atoms with Crippen LogP contribution in [0.2, 0.25) is 0 Å². The van der Waals surface area contributed by atoms with Crippen LogP contribution in [0.5, 0.6) is 5.75 Å². The van der Waals surface area contributed by atoms with Gasteiger partial charge in [0.25, 0.3) is 0 Å². The Hall–Kier alpha value is -1.87. The summed E-state index contributed by atoms with van der Waals surface area (Å²) in [5.74, 6) is 0.523. The third-order valence-corrected chi connectivity index (χ3v) is 2.99. The Morgan fingerprint density at radius 1 is 1.16 bits per heavy atom. The van der Waals surface area contributed by atoms with E-state index in [4.69, 9.17) is 4.74 Å². The number of halogens is 1. The van der Waals surface area contributed by atoms with E-state index in [1.54, 1.807) is 19.1 Å². The molecule has 0 radical (unpaired) electrons. The zero-order valence-electron chi connectivity index (χ0n) is 11.1. The van der Waals surface area contributed by atoms with Crippen molar-refractivity contribution >= 4 is 0 Å². The Kier molecular flexibility index (Phi) is 4.17. The maximum atomic E-state index is 12.8. The second kappa shape index (κ2) is 5.85. The highest BCUT2D eigenvalue weighted by atomic mass is 19.1. The fourth-order valence-electron chi connectivity index (χ4n) is 1.84. The fraction of sp³-hybridized carbons (Fsp3) is 0.250. The summed E-state index contributed by atoms with van der Waals surface area (Å²) in [5.41, 5.74) is 2.76. The third-order valence-electron chi connectivity index (χ3n) is 2.99. The zero-order chi connectivity index (χ0) is 13.8. The minimum absolute atomic E-state index is 0.249. The average molecular weight is 260 g/mol. The highest BCUT2D eigenvalue weighted by Crippen LogP contribution is 2.23. The Bertz CT molecular complexity index is 547. The SMILES string of the molecule is Cc1cc(C(C)O)ccc1OCc1ccc(F)cc1. The van der Waals surface area contributed by atoms with E-state index in [1.165, 1.54) is 12.1 Å². The molecule has 0 aliphatic carbocycles. The molecule has 0 fully saturated rings. The molecule has 0 aliphatic rings. The van der Waals surface area contributed by atoms with E-state index in [2.05, 4.69) is 0 Å². The Morgan fingerprint density at radius 2 is 1.84 bits per heavy atom. The van der Waals surface area contributed by atoms with Crippen LogP contribution in [-0.2, 0) is 6.61 Å². The molecular formula is C16H17FO2. The van der Waals surface area contributed by atoms with Gasteiger partial charge in [-0.3, -0.25) is 0 Å². The summed E-state index contributed by atoms with van der Waals surface area (Å²) in [4.78, 5) is 0. The summed E-state index contributed by atoms with van der Waals surface area (Å²) in [6.07, 6.45) is -0.482. The second-order valence-corrected chi connectivity index (χ2v) is 4.62. The molecule has 2 nitrogen and oxygen atoms in total. The molecule has 1 N–H and O–H groups in total. The minimum Gasteiger partial charge on any atom is -0.489 e. The first kappa shape index (κ1) is 13.6. The number of hydrogen-bond acceptors (Lipinski definition) is 2. The van der Waals surface area contributed by atoms with Gasteiger partial charge in [-0.25, -0.2) is 4.39 Å². The van der Waals surface area contributed by atoms with Crippen LogP contribution in [0.1, 0.15) is 29.7 Å². The maximum absolute atomic E-state index is 12.8. The van der Waals surface area contributed by atoms with Gasteiger partial charge in [-0.15, -0.1) is 0 Å². The maximum Gasteiger partial charge on any atom is 0.123 e. The van der Waals surface area contributed by atoms with E-state index >= 15 is 0 Å². The van der Waals surface area contributed by atoms with E-state index in [9.17, 15) is 9.50 Å². The summed E-state index contributed by atoms with van der Waals surface area (Å²) >= 11 is 0. The quantitative estimate of drug-likeness (QED) is 0.906. The van der Waals surface area contributed by atoms with Gasteiger partial charge in [0.1, 0.15) is 18.2 Å². The number of aliphatic hydroxyl groups is 1. The van der Waals surface area contributed by atoms with Gasteiger partial charge in [0.15, 0.2) is 0 Å². The van der Waals surface area contributed by atoms with E-state index in [-0.39, 0.29) is 5.82 Å². The molecule has 2 rings (SSSR count). The number of rotatable bonds is 4. The Morgan fingerprint density at radius 3 is 2.42 bits per heavy atom. The monoisotopic (exact) mass is 260 g/mol. The Labute approximate surface area is 112 Å². The summed E-state index contributed by atoms with van der Waals surface area (Å²) < 4.78 is 18.5. The van der Waals surface area contributed by atoms with Gasteiger partial charge >= 0.3 is 0 Å². The highest BCUT2D eigenvalue weighted by molar-refractivity contribution is 5.37. The van der Waals surface area contributed by atoms with Crippen molar-refractivity contribution in [2.75, 3.05) is 0 Å². The van der Waals surface area contributed by atoms with Crippen molar-refractivity contribution in [3.63, 3.8) is 0 Å². The lowest BCUT2D eigenvalue weighted by molar-refractivity contribution is 0.199. The van der Waals surface area contributed by atoms with E-state index in [1.807, 2.05) is 25.1 Å². The molecule has 3 heteroatoms. The summed E-state index contributed by atoms with van der Waals surface area (Å²) in [7, 11) is 0. The van der Waals surface area contributed by atoms with Crippen molar-refractivity contribution in [1.82, 2.24) is 0 Å². The van der Waals surface area contributed by atoms with Crippen LogP contribution in [0.25, 0.3) is 0 Å². The van der Waals surface area contributed by atoms with Gasteiger partial charge in [-0.05, 0) is 54.8 Å². The summed E-state index contributed by atoms with van der Waals surface area (Å²) in [6, 6.07) is 11.8. The molecule has 0 bridgehead atoms. The predicted octanol–water partition coefficient (Wildman–Crippen LogP) is 3.77. The molecule has 2 aromatic rings. The summed E-state index contributed by atoms with van der Waals surface area (Å²) in [5, 5.41) is 9.50. The van der Waals surface area contributed by atoms with Gasteiger partial charge in [-0.2, -0.15) is 0 Å². The van der Waals surface area contributed by atoms with Crippen LogP contribution in [0.3, 0.4) is 0 Å². The van der Waals surface area contributed by atoms with Crippen LogP contribution < -0.4 is 4.74 Å². The van der Waals surface area contributed by atoms with Crippen molar-refractivity contribution in [3.05, 3.63) is 65.0 Å². The number of benzene rings is 2. The van der Waals surface area contributed by atoms with E-state index in [0.717, 1.165) is 22.4 Å². The molecule has 1 atom stereocenters. The average Bonchev–Trinajstić information content (AvgIpc) is 2.39. The molecule has 0 saturated carbocycles. The molecule has 1 unspecified atom stereocenters. The van der Waals surface area contributed by atoms with Gasteiger partial charge in [0, 0.05) is 0 Å². The van der Waals surface area contributed by atoms with Crippen LogP contribution in [0, 0.1) is 12.7 Å². The van der Waals surface area contributed by atoms with Crippen molar-refractivity contribution in [2.45, 2.75) is 26.6 Å². The van der Waals surface area contributed by atoms with Crippen LogP contribution in [0.15, 0.2) is 42.5 Å². The number of hydrogen-bond donors (Lipinski definition) is 1. The smallest absolute Gasteiger partial charge is 0.123 e. The van der Waals surface area contributed by atoms with Crippen LogP contribution in [0.4, 0.5) is 4.39 Å². The van der Waals surface area contributed by atoms with Gasteiger partial charge in [-0.1, -0.05) is 18.2 Å². The van der Waals surface area contributed by atoms with Crippen molar-refractivity contribution in [3.8, 4) is 5.75 Å². The van der Waals surface area contributed by atoms with Gasteiger partial charge < -0.3 is 9.84 Å². The third kappa shape index (κ3) is 3.55. The molecular weight excluding hydrogens is 243 g/mol. The lowest BCUT2D eigenvalue weighted by Crippen LogP contribution is -1.99. The van der Waals surface area contributed by atoms with Crippen molar-refractivity contribution in [2.24, 2.45) is 0 Å². The normalized spacial score (nSPS) is 12.2. The molecule has 0 spiro atoms. The highest BCUT2D eigenvalue weighted by Gasteiger charge is 2.05. The zero-order valence-corrected chi connectivity index (χ0v) is 11.1. The molecule has 0 aromatic heterocycles. The molecule has 0 amide bonds. The van der Waals surface area contributed by atoms with E-state index < -0.39 is 6.10 Å². The lowest BCUT2D eigenvalue weighted by atomic mass is 10.1. The Balaban J connectivity index is 2.05. The summed E-state index contributed by atoms with van der Waals surface area (Å²) in [6.45, 7) is 4.06. The van der Waals surface area contributed by atoms with Crippen molar-refractivity contribution in [1.29, 1.82) is 0 Å². The van der Waals surface area contributed by atoms with Crippen LogP contribution >= 0.6 is 0 Å². The standard InChI is InChI=1S/C16H17FO2/c1-11-9-14(12(2)18)5-8-16(11)19-10-13-3-6-15(17)7-4-13/h3-9,12,18H,10H2,1-2H3.